The lowest BCUT2D eigenvalue weighted by Gasteiger charge is -2.19. The number of ether oxygens (including phenoxy) is 2. The van der Waals surface area contributed by atoms with Gasteiger partial charge in [-0.15, -0.1) is 0 Å². The number of furan rings is 1. The highest BCUT2D eigenvalue weighted by Gasteiger charge is 2.21. The van der Waals surface area contributed by atoms with E-state index in [9.17, 15) is 21.6 Å². The van der Waals surface area contributed by atoms with Gasteiger partial charge in [-0.3, -0.25) is 9.52 Å². The zero-order valence-electron chi connectivity index (χ0n) is 17.2. The average Bonchev–Trinajstić information content (AvgIpc) is 3.31. The topological polar surface area (TPSA) is 153 Å². The number of nitrogens with one attached hydrogen (secondary N) is 3. The summed E-state index contributed by atoms with van der Waals surface area (Å²) in [7, 11) is -6.48. The van der Waals surface area contributed by atoms with Crippen LogP contribution in [0.2, 0.25) is 0 Å². The summed E-state index contributed by atoms with van der Waals surface area (Å²) >= 11 is 0. The number of hydrogen-bond acceptors (Lipinski definition) is 8. The lowest BCUT2D eigenvalue weighted by Crippen LogP contribution is -2.18. The van der Waals surface area contributed by atoms with Crippen LogP contribution in [0.5, 0.6) is 11.5 Å². The summed E-state index contributed by atoms with van der Waals surface area (Å²) in [6.45, 7) is 0.734. The molecule has 4 rings (SSSR count). The molecule has 1 amide bonds. The number of fused-ring (bicyclic) bond motifs is 1. The van der Waals surface area contributed by atoms with Gasteiger partial charge in [0.25, 0.3) is 26.0 Å². The summed E-state index contributed by atoms with van der Waals surface area (Å²) in [6, 6.07) is 12.6. The first-order valence-corrected chi connectivity index (χ1v) is 12.5. The minimum Gasteiger partial charge on any atom is -0.486 e. The third-order valence-electron chi connectivity index (χ3n) is 4.56. The second-order valence-corrected chi connectivity index (χ2v) is 10.3. The second kappa shape index (κ2) is 8.77. The Bertz CT molecular complexity index is 1400. The summed E-state index contributed by atoms with van der Waals surface area (Å²) in [5.74, 6) is -0.0392. The van der Waals surface area contributed by atoms with E-state index in [2.05, 4.69) is 14.8 Å². The lowest BCUT2D eigenvalue weighted by molar-refractivity contribution is 0.0991. The van der Waals surface area contributed by atoms with Crippen LogP contribution in [0.1, 0.15) is 10.6 Å². The number of hydrogen-bond donors (Lipinski definition) is 3. The SMILES string of the molecule is CNS(=O)(=O)c1ccc(C(=O)Nc2ccc(NS(=O)(=O)c3ccc4c(c3)OCCO4)cc2)o1. The van der Waals surface area contributed by atoms with Crippen molar-refractivity contribution >= 4 is 37.3 Å². The van der Waals surface area contributed by atoms with Gasteiger partial charge in [0.1, 0.15) is 13.2 Å². The van der Waals surface area contributed by atoms with Gasteiger partial charge in [-0.05, 0) is 55.6 Å². The Balaban J connectivity index is 1.43. The Morgan fingerprint density at radius 1 is 0.818 bits per heavy atom. The fourth-order valence-corrected chi connectivity index (χ4v) is 4.63. The lowest BCUT2D eigenvalue weighted by atomic mass is 10.3. The molecule has 2 heterocycles. The molecule has 1 aromatic heterocycles. The van der Waals surface area contributed by atoms with E-state index in [1.807, 2.05) is 0 Å². The molecule has 0 aliphatic carbocycles. The molecule has 13 heteroatoms. The van der Waals surface area contributed by atoms with E-state index in [4.69, 9.17) is 13.9 Å². The first-order chi connectivity index (χ1) is 15.7. The van der Waals surface area contributed by atoms with Crippen LogP contribution in [-0.2, 0) is 20.0 Å². The average molecular weight is 494 g/mol. The van der Waals surface area contributed by atoms with Gasteiger partial charge in [0, 0.05) is 17.4 Å². The fourth-order valence-electron chi connectivity index (χ4n) is 2.91. The van der Waals surface area contributed by atoms with Crippen molar-refractivity contribution in [2.24, 2.45) is 0 Å². The Labute approximate surface area is 189 Å². The molecular formula is C20H19N3O8S2. The van der Waals surface area contributed by atoms with Crippen molar-refractivity contribution in [2.75, 3.05) is 30.3 Å². The third kappa shape index (κ3) is 4.94. The molecule has 0 saturated heterocycles. The molecule has 0 spiro atoms. The number of amides is 1. The molecule has 33 heavy (non-hydrogen) atoms. The van der Waals surface area contributed by atoms with Crippen molar-refractivity contribution in [1.82, 2.24) is 4.72 Å². The molecule has 0 saturated carbocycles. The van der Waals surface area contributed by atoms with Gasteiger partial charge in [-0.1, -0.05) is 0 Å². The summed E-state index contributed by atoms with van der Waals surface area (Å²) in [4.78, 5) is 12.3. The monoisotopic (exact) mass is 493 g/mol. The number of benzene rings is 2. The maximum atomic E-state index is 12.7. The van der Waals surface area contributed by atoms with Crippen LogP contribution in [0.3, 0.4) is 0 Å². The molecule has 11 nitrogen and oxygen atoms in total. The van der Waals surface area contributed by atoms with E-state index in [-0.39, 0.29) is 21.4 Å². The van der Waals surface area contributed by atoms with Crippen LogP contribution in [0.4, 0.5) is 11.4 Å². The molecule has 0 unspecified atom stereocenters. The van der Waals surface area contributed by atoms with Crippen molar-refractivity contribution in [3.05, 3.63) is 60.4 Å². The third-order valence-corrected chi connectivity index (χ3v) is 7.22. The molecule has 0 atom stereocenters. The molecule has 1 aliphatic heterocycles. The minimum atomic E-state index is -3.89. The molecule has 1 aliphatic rings. The van der Waals surface area contributed by atoms with Crippen LogP contribution < -0.4 is 24.2 Å². The van der Waals surface area contributed by atoms with Crippen molar-refractivity contribution in [2.45, 2.75) is 9.99 Å². The van der Waals surface area contributed by atoms with Crippen LogP contribution in [0.25, 0.3) is 0 Å². The number of anilines is 2. The van der Waals surface area contributed by atoms with E-state index >= 15 is 0 Å². The molecule has 3 N–H and O–H groups in total. The molecule has 0 radical (unpaired) electrons. The molecule has 3 aromatic rings. The first-order valence-electron chi connectivity index (χ1n) is 9.55. The molecule has 2 aromatic carbocycles. The van der Waals surface area contributed by atoms with Gasteiger partial charge >= 0.3 is 0 Å². The highest BCUT2D eigenvalue weighted by Crippen LogP contribution is 2.32. The normalized spacial score (nSPS) is 13.4. The minimum absolute atomic E-state index is 0.00859. The summed E-state index contributed by atoms with van der Waals surface area (Å²) in [5.41, 5.74) is 0.611. The van der Waals surface area contributed by atoms with E-state index in [0.717, 1.165) is 6.07 Å². The van der Waals surface area contributed by atoms with Crippen LogP contribution in [-0.4, -0.2) is 43.0 Å². The smallest absolute Gasteiger partial charge is 0.291 e. The van der Waals surface area contributed by atoms with E-state index in [1.54, 1.807) is 0 Å². The predicted molar refractivity (Wildman–Crippen MR) is 118 cm³/mol. The Kier molecular flexibility index (Phi) is 6.01. The van der Waals surface area contributed by atoms with Crippen LogP contribution in [0, 0.1) is 0 Å². The quantitative estimate of drug-likeness (QED) is 0.452. The number of carbonyl (C=O) groups is 1. The Morgan fingerprint density at radius 3 is 2.18 bits per heavy atom. The number of rotatable bonds is 7. The van der Waals surface area contributed by atoms with Crippen molar-refractivity contribution in [3.63, 3.8) is 0 Å². The Morgan fingerprint density at radius 2 is 1.48 bits per heavy atom. The molecule has 0 fully saturated rings. The number of carbonyl (C=O) groups excluding carboxylic acids is 1. The summed E-state index contributed by atoms with van der Waals surface area (Å²) < 4.78 is 69.3. The summed E-state index contributed by atoms with van der Waals surface area (Å²) in [5, 5.41) is 2.15. The van der Waals surface area contributed by atoms with E-state index in [0.29, 0.717) is 30.4 Å². The van der Waals surface area contributed by atoms with Gasteiger partial charge in [0.15, 0.2) is 17.3 Å². The predicted octanol–water partition coefficient (Wildman–Crippen LogP) is 2.01. The van der Waals surface area contributed by atoms with Gasteiger partial charge in [0.2, 0.25) is 5.09 Å². The maximum Gasteiger partial charge on any atom is 0.291 e. The zero-order valence-corrected chi connectivity index (χ0v) is 18.8. The maximum absolute atomic E-state index is 12.7. The standard InChI is InChI=1S/C20H19N3O8S2/c1-21-33(27,28)19-9-8-17(31-19)20(24)22-13-2-4-14(5-3-13)23-32(25,26)15-6-7-16-18(12-15)30-11-10-29-16/h2-9,12,21,23H,10-11H2,1H3,(H,22,24). The molecule has 0 bridgehead atoms. The fraction of sp³-hybridized carbons (Fsp3) is 0.150. The van der Waals surface area contributed by atoms with Crippen molar-refractivity contribution in [3.8, 4) is 11.5 Å². The van der Waals surface area contributed by atoms with E-state index < -0.39 is 26.0 Å². The second-order valence-electron chi connectivity index (χ2n) is 6.77. The van der Waals surface area contributed by atoms with Crippen LogP contribution >= 0.6 is 0 Å². The van der Waals surface area contributed by atoms with Gasteiger partial charge < -0.3 is 19.2 Å². The summed E-state index contributed by atoms with van der Waals surface area (Å²) in [6.07, 6.45) is 0. The molecule has 174 valence electrons. The van der Waals surface area contributed by atoms with Gasteiger partial charge in [0.05, 0.1) is 4.90 Å². The Hall–Kier alpha value is -3.55. The molecular weight excluding hydrogens is 474 g/mol. The highest BCUT2D eigenvalue weighted by molar-refractivity contribution is 7.92. The zero-order chi connectivity index (χ0) is 23.6. The van der Waals surface area contributed by atoms with Crippen molar-refractivity contribution in [1.29, 1.82) is 0 Å². The first kappa shape index (κ1) is 22.6. The largest absolute Gasteiger partial charge is 0.486 e. The number of sulfonamides is 2. The van der Waals surface area contributed by atoms with E-state index in [1.165, 1.54) is 55.6 Å². The van der Waals surface area contributed by atoms with Gasteiger partial charge in [-0.2, -0.15) is 0 Å². The van der Waals surface area contributed by atoms with Crippen molar-refractivity contribution < 1.29 is 35.5 Å². The van der Waals surface area contributed by atoms with Gasteiger partial charge in [-0.25, -0.2) is 21.6 Å². The van der Waals surface area contributed by atoms with Crippen LogP contribution in [0.15, 0.2) is 69.0 Å². The highest BCUT2D eigenvalue weighted by atomic mass is 32.2.